The van der Waals surface area contributed by atoms with Gasteiger partial charge in [0.1, 0.15) is 18.0 Å². The number of halogens is 1. The highest BCUT2D eigenvalue weighted by molar-refractivity contribution is 6.39. The van der Waals surface area contributed by atoms with Crippen LogP contribution in [0.25, 0.3) is 6.08 Å². The monoisotopic (exact) mass is 474 g/mol. The molecule has 0 unspecified atom stereocenters. The lowest BCUT2D eigenvalue weighted by Gasteiger charge is -2.28. The van der Waals surface area contributed by atoms with Gasteiger partial charge in [-0.1, -0.05) is 43.3 Å². The number of ether oxygens (including phenoxy) is 2. The first-order chi connectivity index (χ1) is 16.9. The quantitative estimate of drug-likeness (QED) is 0.398. The molecule has 1 fully saturated rings. The van der Waals surface area contributed by atoms with Gasteiger partial charge in [-0.15, -0.1) is 0 Å². The van der Waals surface area contributed by atoms with Crippen molar-refractivity contribution >= 4 is 29.6 Å². The molecule has 0 spiro atoms. The van der Waals surface area contributed by atoms with E-state index in [0.717, 1.165) is 10.5 Å². The lowest BCUT2D eigenvalue weighted by Crippen LogP contribution is -2.54. The molecular weight excluding hydrogens is 451 g/mol. The van der Waals surface area contributed by atoms with Crippen molar-refractivity contribution in [1.82, 2.24) is 5.32 Å². The molecule has 1 aliphatic rings. The van der Waals surface area contributed by atoms with Gasteiger partial charge in [0, 0.05) is 0 Å². The zero-order chi connectivity index (χ0) is 24.9. The average Bonchev–Trinajstić information content (AvgIpc) is 2.85. The van der Waals surface area contributed by atoms with Crippen LogP contribution in [-0.4, -0.2) is 25.0 Å². The summed E-state index contributed by atoms with van der Waals surface area (Å²) in [6.45, 7) is 2.04. The molecule has 1 heterocycles. The van der Waals surface area contributed by atoms with Crippen LogP contribution in [0.1, 0.15) is 23.6 Å². The van der Waals surface area contributed by atoms with Crippen LogP contribution in [0.4, 0.5) is 14.9 Å². The maximum atomic E-state index is 13.4. The van der Waals surface area contributed by atoms with Crippen molar-refractivity contribution in [3.8, 4) is 11.5 Å². The average molecular weight is 474 g/mol. The number of aryl methyl sites for hydroxylation is 1. The molecule has 4 amide bonds. The summed E-state index contributed by atoms with van der Waals surface area (Å²) in [7, 11) is 1.46. The Morgan fingerprint density at radius 2 is 1.77 bits per heavy atom. The van der Waals surface area contributed by atoms with Gasteiger partial charge in [-0.3, -0.25) is 14.9 Å². The van der Waals surface area contributed by atoms with Crippen molar-refractivity contribution in [3.63, 3.8) is 0 Å². The van der Waals surface area contributed by atoms with Crippen molar-refractivity contribution in [2.24, 2.45) is 0 Å². The van der Waals surface area contributed by atoms with Crippen molar-refractivity contribution < 1.29 is 28.2 Å². The second-order valence-electron chi connectivity index (χ2n) is 7.77. The number of benzene rings is 3. The molecule has 178 valence electrons. The van der Waals surface area contributed by atoms with Gasteiger partial charge in [0.05, 0.1) is 12.8 Å². The summed E-state index contributed by atoms with van der Waals surface area (Å²) in [6.07, 6.45) is 2.00. The maximum absolute atomic E-state index is 13.4. The zero-order valence-corrected chi connectivity index (χ0v) is 19.2. The highest BCUT2D eigenvalue weighted by Gasteiger charge is 2.37. The Kier molecular flexibility index (Phi) is 6.91. The molecule has 1 saturated heterocycles. The summed E-state index contributed by atoms with van der Waals surface area (Å²) in [5.41, 5.74) is 2.18. The second-order valence-corrected chi connectivity index (χ2v) is 7.77. The third-order valence-corrected chi connectivity index (χ3v) is 5.50. The standard InChI is InChI=1S/C27H23FN2O5/c1-3-19-8-4-5-10-22(19)30-26(32)21(25(31)29-27(30)33)14-17-11-12-23(24(15-17)34-2)35-16-18-7-6-9-20(28)13-18/h4-15H,3,16H2,1-2H3,(H,29,31,33)/b21-14-. The van der Waals surface area contributed by atoms with E-state index >= 15 is 0 Å². The van der Waals surface area contributed by atoms with E-state index in [2.05, 4.69) is 5.32 Å². The number of hydrogen-bond donors (Lipinski definition) is 1. The lowest BCUT2D eigenvalue weighted by molar-refractivity contribution is -0.122. The van der Waals surface area contributed by atoms with Crippen molar-refractivity contribution in [3.05, 3.63) is 94.8 Å². The Labute approximate surface area is 201 Å². The largest absolute Gasteiger partial charge is 0.493 e. The van der Waals surface area contributed by atoms with Crippen LogP contribution >= 0.6 is 0 Å². The van der Waals surface area contributed by atoms with Crippen molar-refractivity contribution in [2.45, 2.75) is 20.0 Å². The molecule has 0 bridgehead atoms. The van der Waals surface area contributed by atoms with E-state index in [-0.39, 0.29) is 18.0 Å². The van der Waals surface area contributed by atoms with Gasteiger partial charge in [-0.05, 0) is 59.5 Å². The SMILES string of the molecule is CCc1ccccc1N1C(=O)NC(=O)/C(=C/c2ccc(OCc3cccc(F)c3)c(OC)c2)C1=O. The fourth-order valence-corrected chi connectivity index (χ4v) is 3.75. The van der Waals surface area contributed by atoms with Crippen LogP contribution in [0.15, 0.2) is 72.3 Å². The summed E-state index contributed by atoms with van der Waals surface area (Å²) in [5, 5.41) is 2.24. The van der Waals surface area contributed by atoms with E-state index in [1.165, 1.54) is 25.3 Å². The van der Waals surface area contributed by atoms with Gasteiger partial charge in [0.2, 0.25) is 0 Å². The Morgan fingerprint density at radius 1 is 0.971 bits per heavy atom. The normalized spacial score (nSPS) is 14.8. The molecule has 4 rings (SSSR count). The molecule has 7 nitrogen and oxygen atoms in total. The number of carbonyl (C=O) groups is 3. The van der Waals surface area contributed by atoms with Gasteiger partial charge in [0.15, 0.2) is 11.5 Å². The Hall–Kier alpha value is -4.46. The van der Waals surface area contributed by atoms with E-state index in [9.17, 15) is 18.8 Å². The van der Waals surface area contributed by atoms with Crippen LogP contribution in [0.3, 0.4) is 0 Å². The number of imide groups is 2. The number of nitrogens with zero attached hydrogens (tertiary/aromatic N) is 1. The van der Waals surface area contributed by atoms with Crippen LogP contribution in [0, 0.1) is 5.82 Å². The van der Waals surface area contributed by atoms with Crippen LogP contribution < -0.4 is 19.7 Å². The number of amides is 4. The van der Waals surface area contributed by atoms with Crippen LogP contribution in [0.5, 0.6) is 11.5 Å². The zero-order valence-electron chi connectivity index (χ0n) is 19.2. The van der Waals surface area contributed by atoms with Crippen molar-refractivity contribution in [1.29, 1.82) is 0 Å². The summed E-state index contributed by atoms with van der Waals surface area (Å²) >= 11 is 0. The van der Waals surface area contributed by atoms with Crippen molar-refractivity contribution in [2.75, 3.05) is 12.0 Å². The fraction of sp³-hybridized carbons (Fsp3) is 0.148. The summed E-state index contributed by atoms with van der Waals surface area (Å²) in [5.74, 6) is -1.08. The number of rotatable bonds is 7. The van der Waals surface area contributed by atoms with Gasteiger partial charge in [-0.25, -0.2) is 14.1 Å². The van der Waals surface area contributed by atoms with E-state index in [4.69, 9.17) is 9.47 Å². The van der Waals surface area contributed by atoms with Gasteiger partial charge in [-0.2, -0.15) is 0 Å². The lowest BCUT2D eigenvalue weighted by atomic mass is 10.0. The number of methoxy groups -OCH3 is 1. The molecule has 1 aliphatic heterocycles. The maximum Gasteiger partial charge on any atom is 0.335 e. The Balaban J connectivity index is 1.61. The first-order valence-electron chi connectivity index (χ1n) is 11.0. The third-order valence-electron chi connectivity index (χ3n) is 5.50. The first-order valence-corrected chi connectivity index (χ1v) is 11.0. The molecule has 0 saturated carbocycles. The number of urea groups is 1. The number of nitrogens with one attached hydrogen (secondary N) is 1. The van der Waals surface area contributed by atoms with Crippen LogP contribution in [0.2, 0.25) is 0 Å². The van der Waals surface area contributed by atoms with Crippen LogP contribution in [-0.2, 0) is 22.6 Å². The molecule has 0 radical (unpaired) electrons. The topological polar surface area (TPSA) is 84.9 Å². The van der Waals surface area contributed by atoms with Gasteiger partial charge in [0.25, 0.3) is 11.8 Å². The smallest absolute Gasteiger partial charge is 0.335 e. The summed E-state index contributed by atoms with van der Waals surface area (Å²) in [4.78, 5) is 39.2. The fourth-order valence-electron chi connectivity index (χ4n) is 3.75. The molecule has 3 aromatic carbocycles. The molecule has 35 heavy (non-hydrogen) atoms. The molecular formula is C27H23FN2O5. The first kappa shape index (κ1) is 23.7. The molecule has 3 aromatic rings. The number of hydrogen-bond acceptors (Lipinski definition) is 5. The molecule has 8 heteroatoms. The minimum Gasteiger partial charge on any atom is -0.493 e. The predicted molar refractivity (Wildman–Crippen MR) is 129 cm³/mol. The second kappa shape index (κ2) is 10.2. The van der Waals surface area contributed by atoms with E-state index in [1.807, 2.05) is 19.1 Å². The molecule has 0 atom stereocenters. The van der Waals surface area contributed by atoms with Gasteiger partial charge < -0.3 is 9.47 Å². The number of carbonyl (C=O) groups excluding carboxylic acids is 3. The minimum atomic E-state index is -0.795. The van der Waals surface area contributed by atoms with Gasteiger partial charge >= 0.3 is 6.03 Å². The third kappa shape index (κ3) is 5.06. The summed E-state index contributed by atoms with van der Waals surface area (Å²) < 4.78 is 24.6. The minimum absolute atomic E-state index is 0.128. The number of para-hydroxylation sites is 1. The molecule has 0 aromatic heterocycles. The summed E-state index contributed by atoms with van der Waals surface area (Å²) in [6, 6.07) is 17.2. The highest BCUT2D eigenvalue weighted by atomic mass is 19.1. The highest BCUT2D eigenvalue weighted by Crippen LogP contribution is 2.31. The number of anilines is 1. The number of barbiturate groups is 1. The van der Waals surface area contributed by atoms with E-state index < -0.39 is 17.8 Å². The molecule has 0 aliphatic carbocycles. The Bertz CT molecular complexity index is 1330. The van der Waals surface area contributed by atoms with E-state index in [1.54, 1.807) is 42.5 Å². The Morgan fingerprint density at radius 3 is 2.51 bits per heavy atom. The molecule has 1 N–H and O–H groups in total. The predicted octanol–water partition coefficient (Wildman–Crippen LogP) is 4.64. The van der Waals surface area contributed by atoms with E-state index in [0.29, 0.717) is 34.7 Å².